The lowest BCUT2D eigenvalue weighted by molar-refractivity contribution is 0.146. The monoisotopic (exact) mass is 477 g/mol. The highest BCUT2D eigenvalue weighted by Crippen LogP contribution is 2.31. The van der Waals surface area contributed by atoms with Crippen molar-refractivity contribution in [2.75, 3.05) is 16.8 Å². The van der Waals surface area contributed by atoms with Gasteiger partial charge in [-0.2, -0.15) is 0 Å². The van der Waals surface area contributed by atoms with E-state index >= 15 is 0 Å². The maximum absolute atomic E-state index is 14.6. The van der Waals surface area contributed by atoms with E-state index in [4.69, 9.17) is 4.78 Å². The van der Waals surface area contributed by atoms with E-state index in [1.807, 2.05) is 0 Å². The van der Waals surface area contributed by atoms with Crippen LogP contribution in [-0.4, -0.2) is 30.2 Å². The number of anilines is 1. The van der Waals surface area contributed by atoms with Gasteiger partial charge in [0.2, 0.25) is 0 Å². The number of aryl methyl sites for hydroxylation is 1. The van der Waals surface area contributed by atoms with Gasteiger partial charge in [-0.25, -0.2) is 27.3 Å². The summed E-state index contributed by atoms with van der Waals surface area (Å²) in [6, 6.07) is 4.77. The average molecular weight is 478 g/mol. The van der Waals surface area contributed by atoms with Gasteiger partial charge in [0.1, 0.15) is 23.6 Å². The van der Waals surface area contributed by atoms with Gasteiger partial charge in [0, 0.05) is 33.7 Å². The van der Waals surface area contributed by atoms with Crippen LogP contribution in [0.4, 0.5) is 19.0 Å². The molecule has 2 atom stereocenters. The van der Waals surface area contributed by atoms with Gasteiger partial charge in [-0.3, -0.25) is 14.1 Å². The second kappa shape index (κ2) is 8.62. The van der Waals surface area contributed by atoms with Gasteiger partial charge in [-0.1, -0.05) is 24.3 Å². The first-order chi connectivity index (χ1) is 15.6. The molecule has 33 heavy (non-hydrogen) atoms. The molecule has 0 bridgehead atoms. The molecule has 174 valence electrons. The molecule has 1 aromatic carbocycles. The van der Waals surface area contributed by atoms with E-state index in [-0.39, 0.29) is 22.6 Å². The summed E-state index contributed by atoms with van der Waals surface area (Å²) in [5.74, 6) is -0.415. The van der Waals surface area contributed by atoms with Crippen LogP contribution in [0.2, 0.25) is 0 Å². The van der Waals surface area contributed by atoms with Crippen LogP contribution < -0.4 is 10.9 Å². The molecule has 3 aromatic rings. The first-order valence-corrected chi connectivity index (χ1v) is 12.1. The molecular formula is C22H22F3N5O2S. The summed E-state index contributed by atoms with van der Waals surface area (Å²) in [4.78, 5) is 21.4. The number of alkyl halides is 2. The lowest BCUT2D eigenvalue weighted by atomic mass is 10.0. The normalized spacial score (nSPS) is 19.5. The largest absolute Gasteiger partial charge is 0.363 e. The van der Waals surface area contributed by atoms with Crippen molar-refractivity contribution in [3.8, 4) is 0 Å². The van der Waals surface area contributed by atoms with Crippen LogP contribution in [0.25, 0.3) is 16.6 Å². The lowest BCUT2D eigenvalue weighted by Gasteiger charge is -2.20. The van der Waals surface area contributed by atoms with Gasteiger partial charge >= 0.3 is 0 Å². The van der Waals surface area contributed by atoms with Crippen molar-refractivity contribution in [1.29, 1.82) is 4.78 Å². The quantitative estimate of drug-likeness (QED) is 0.567. The SMILES string of the molecule is C[C@@H](Nc1ncnc2c1cc(C1=CCS(=N)(=O)CC1)c(=O)n2C)c1cccc(C(F)F)c1F. The number of nitrogens with zero attached hydrogens (tertiary/aromatic N) is 3. The predicted molar refractivity (Wildman–Crippen MR) is 121 cm³/mol. The molecular weight excluding hydrogens is 455 g/mol. The predicted octanol–water partition coefficient (Wildman–Crippen LogP) is 4.41. The molecule has 2 aromatic heterocycles. The summed E-state index contributed by atoms with van der Waals surface area (Å²) >= 11 is 0. The summed E-state index contributed by atoms with van der Waals surface area (Å²) in [7, 11) is -1.10. The summed E-state index contributed by atoms with van der Waals surface area (Å²) in [5.41, 5.74) is 0.522. The smallest absolute Gasteiger partial charge is 0.266 e. The Bertz CT molecular complexity index is 1430. The summed E-state index contributed by atoms with van der Waals surface area (Å²) in [6.45, 7) is 1.62. The van der Waals surface area contributed by atoms with Crippen molar-refractivity contribution < 1.29 is 17.4 Å². The second-order valence-electron chi connectivity index (χ2n) is 7.96. The van der Waals surface area contributed by atoms with E-state index < -0.39 is 33.6 Å². The van der Waals surface area contributed by atoms with Crippen molar-refractivity contribution in [2.45, 2.75) is 25.8 Å². The Kier molecular flexibility index (Phi) is 6.00. The van der Waals surface area contributed by atoms with E-state index in [9.17, 15) is 22.2 Å². The summed E-state index contributed by atoms with van der Waals surface area (Å²) in [5, 5.41) is 3.54. The van der Waals surface area contributed by atoms with E-state index in [2.05, 4.69) is 15.3 Å². The molecule has 0 saturated carbocycles. The van der Waals surface area contributed by atoms with Crippen LogP contribution in [-0.2, 0) is 16.8 Å². The number of halogens is 3. The molecule has 0 spiro atoms. The molecule has 7 nitrogen and oxygen atoms in total. The number of pyridine rings is 1. The van der Waals surface area contributed by atoms with E-state index in [1.165, 1.54) is 23.0 Å². The van der Waals surface area contributed by atoms with Gasteiger partial charge in [0.25, 0.3) is 12.0 Å². The maximum atomic E-state index is 14.6. The molecule has 1 aliphatic rings. The zero-order chi connectivity index (χ0) is 23.9. The van der Waals surface area contributed by atoms with Crippen LogP contribution >= 0.6 is 0 Å². The number of hydrogen-bond acceptors (Lipinski definition) is 6. The van der Waals surface area contributed by atoms with E-state index in [0.29, 0.717) is 34.4 Å². The van der Waals surface area contributed by atoms with Crippen LogP contribution in [0.15, 0.2) is 41.5 Å². The topological polar surface area (TPSA) is 101 Å². The minimum absolute atomic E-state index is 0.0600. The molecule has 3 heterocycles. The molecule has 2 N–H and O–H groups in total. The van der Waals surface area contributed by atoms with Gasteiger partial charge in [-0.15, -0.1) is 0 Å². The zero-order valence-corrected chi connectivity index (χ0v) is 18.8. The Labute approximate surface area is 188 Å². The van der Waals surface area contributed by atoms with E-state index in [1.54, 1.807) is 26.1 Å². The Morgan fingerprint density at radius 3 is 2.64 bits per heavy atom. The number of nitrogens with one attached hydrogen (secondary N) is 2. The standard InChI is InChI=1S/C22H22F3N5O2S/c1-12(14-4-3-5-15(18(14)23)19(24)25)29-20-17-10-16(13-6-8-33(26,32)9-7-13)22(31)30(2)21(17)28-11-27-20/h3-6,10-12,19,26H,7-9H2,1-2H3,(H,27,28,29)/t12-,33?/m1/s1. The third-order valence-corrected chi connectivity index (χ3v) is 7.33. The highest BCUT2D eigenvalue weighted by molar-refractivity contribution is 7.92. The van der Waals surface area contributed by atoms with E-state index in [0.717, 1.165) is 6.07 Å². The minimum Gasteiger partial charge on any atom is -0.363 e. The van der Waals surface area contributed by atoms with Crippen LogP contribution in [0.1, 0.15) is 42.5 Å². The Morgan fingerprint density at radius 2 is 1.97 bits per heavy atom. The number of hydrogen-bond donors (Lipinski definition) is 2. The van der Waals surface area contributed by atoms with Crippen LogP contribution in [0.5, 0.6) is 0 Å². The molecule has 1 aliphatic heterocycles. The third-order valence-electron chi connectivity index (χ3n) is 5.76. The van der Waals surface area contributed by atoms with Crippen LogP contribution in [0, 0.1) is 10.6 Å². The molecule has 0 amide bonds. The molecule has 0 fully saturated rings. The fraction of sp³-hybridized carbons (Fsp3) is 0.318. The van der Waals surface area contributed by atoms with Gasteiger partial charge in [-0.05, 0) is 25.0 Å². The lowest BCUT2D eigenvalue weighted by Crippen LogP contribution is -2.24. The summed E-state index contributed by atoms with van der Waals surface area (Å²) in [6.07, 6.45) is 0.321. The minimum atomic E-state index is -2.93. The fourth-order valence-electron chi connectivity index (χ4n) is 3.91. The van der Waals surface area contributed by atoms with Gasteiger partial charge in [0.15, 0.2) is 0 Å². The Balaban J connectivity index is 1.78. The molecule has 0 radical (unpaired) electrons. The second-order valence-corrected chi connectivity index (χ2v) is 10.3. The molecule has 4 rings (SSSR count). The highest BCUT2D eigenvalue weighted by Gasteiger charge is 2.22. The molecule has 1 unspecified atom stereocenters. The number of aromatic nitrogens is 3. The molecule has 11 heteroatoms. The zero-order valence-electron chi connectivity index (χ0n) is 17.9. The van der Waals surface area contributed by atoms with Gasteiger partial charge in [0.05, 0.1) is 22.7 Å². The van der Waals surface area contributed by atoms with Crippen molar-refractivity contribution in [3.05, 3.63) is 69.5 Å². The average Bonchev–Trinajstić information content (AvgIpc) is 2.76. The number of benzene rings is 1. The molecule has 0 aliphatic carbocycles. The number of allylic oxidation sites excluding steroid dienone is 1. The summed E-state index contributed by atoms with van der Waals surface area (Å²) < 4.78 is 62.0. The third kappa shape index (κ3) is 4.37. The fourth-order valence-corrected chi connectivity index (χ4v) is 5.10. The van der Waals surface area contributed by atoms with Crippen molar-refractivity contribution >= 4 is 32.2 Å². The maximum Gasteiger partial charge on any atom is 0.266 e. The molecule has 0 saturated heterocycles. The first kappa shape index (κ1) is 23.0. The van der Waals surface area contributed by atoms with Crippen molar-refractivity contribution in [2.24, 2.45) is 7.05 Å². The van der Waals surface area contributed by atoms with Crippen LogP contribution in [0.3, 0.4) is 0 Å². The van der Waals surface area contributed by atoms with Gasteiger partial charge < -0.3 is 5.32 Å². The Morgan fingerprint density at radius 1 is 1.24 bits per heavy atom. The Hall–Kier alpha value is -3.21. The van der Waals surface area contributed by atoms with Crippen molar-refractivity contribution in [1.82, 2.24) is 14.5 Å². The number of rotatable bonds is 5. The number of fused-ring (bicyclic) bond motifs is 1. The van der Waals surface area contributed by atoms with Crippen molar-refractivity contribution in [3.63, 3.8) is 0 Å². The highest BCUT2D eigenvalue weighted by atomic mass is 32.2. The first-order valence-electron chi connectivity index (χ1n) is 10.2.